The second kappa shape index (κ2) is 11.4. The molecule has 2 aromatic carbocycles. The molecule has 0 radical (unpaired) electrons. The first-order valence-electron chi connectivity index (χ1n) is 11.3. The summed E-state index contributed by atoms with van der Waals surface area (Å²) in [4.78, 5) is 28.8. The maximum absolute atomic E-state index is 12.6. The van der Waals surface area contributed by atoms with E-state index in [0.29, 0.717) is 50.8 Å². The lowest BCUT2D eigenvalue weighted by atomic mass is 10.1. The van der Waals surface area contributed by atoms with Crippen LogP contribution in [0.2, 0.25) is 0 Å². The van der Waals surface area contributed by atoms with Crippen molar-refractivity contribution in [1.82, 2.24) is 10.2 Å². The molecule has 172 valence electrons. The summed E-state index contributed by atoms with van der Waals surface area (Å²) in [6, 6.07) is 14.1. The zero-order valence-electron chi connectivity index (χ0n) is 19.2. The number of rotatable bonds is 8. The average Bonchev–Trinajstić information content (AvgIpc) is 2.80. The van der Waals surface area contributed by atoms with Crippen LogP contribution in [0.15, 0.2) is 42.5 Å². The molecule has 0 aromatic heterocycles. The van der Waals surface area contributed by atoms with Gasteiger partial charge in [-0.25, -0.2) is 0 Å². The van der Waals surface area contributed by atoms with E-state index >= 15 is 0 Å². The molecule has 1 aliphatic heterocycles. The minimum Gasteiger partial charge on any atom is -0.490 e. The fraction of sp³-hybridized carbons (Fsp3) is 0.440. The lowest BCUT2D eigenvalue weighted by Crippen LogP contribution is -2.52. The van der Waals surface area contributed by atoms with E-state index in [-0.39, 0.29) is 0 Å². The number of hydrogen-bond donors (Lipinski definition) is 1. The molecule has 0 atom stereocenters. The molecule has 1 saturated heterocycles. The van der Waals surface area contributed by atoms with Crippen molar-refractivity contribution in [2.24, 2.45) is 0 Å². The van der Waals surface area contributed by atoms with Gasteiger partial charge in [0.1, 0.15) is 0 Å². The summed E-state index contributed by atoms with van der Waals surface area (Å²) < 4.78 is 11.2. The Labute approximate surface area is 190 Å². The van der Waals surface area contributed by atoms with Crippen LogP contribution in [0.4, 0.5) is 5.69 Å². The Balaban J connectivity index is 1.46. The van der Waals surface area contributed by atoms with Crippen molar-refractivity contribution in [3.05, 3.63) is 53.6 Å². The third-order valence-electron chi connectivity index (χ3n) is 5.43. The van der Waals surface area contributed by atoms with Crippen LogP contribution in [-0.4, -0.2) is 62.7 Å². The van der Waals surface area contributed by atoms with Crippen LogP contribution in [0.5, 0.6) is 11.5 Å². The van der Waals surface area contributed by atoms with Gasteiger partial charge in [0, 0.05) is 38.4 Å². The number of ether oxygens (including phenoxy) is 2. The zero-order valence-corrected chi connectivity index (χ0v) is 19.2. The molecule has 0 aliphatic carbocycles. The molecule has 0 bridgehead atoms. The van der Waals surface area contributed by atoms with E-state index in [4.69, 9.17) is 9.47 Å². The van der Waals surface area contributed by atoms with Crippen LogP contribution in [0.25, 0.3) is 0 Å². The maximum Gasteiger partial charge on any atom is 0.312 e. The molecule has 7 heteroatoms. The summed E-state index contributed by atoms with van der Waals surface area (Å²) in [7, 11) is 0. The molecule has 1 fully saturated rings. The lowest BCUT2D eigenvalue weighted by molar-refractivity contribution is -0.146. The second-order valence-corrected chi connectivity index (χ2v) is 7.77. The number of hydrogen-bond acceptors (Lipinski definition) is 5. The molecule has 7 nitrogen and oxygen atoms in total. The predicted octanol–water partition coefficient (Wildman–Crippen LogP) is 2.80. The van der Waals surface area contributed by atoms with Crippen molar-refractivity contribution >= 4 is 17.5 Å². The van der Waals surface area contributed by atoms with Crippen molar-refractivity contribution in [3.8, 4) is 11.5 Å². The van der Waals surface area contributed by atoms with Crippen molar-refractivity contribution < 1.29 is 19.1 Å². The van der Waals surface area contributed by atoms with Crippen LogP contribution in [-0.2, 0) is 16.0 Å². The fourth-order valence-electron chi connectivity index (χ4n) is 3.78. The van der Waals surface area contributed by atoms with E-state index in [1.165, 1.54) is 5.56 Å². The topological polar surface area (TPSA) is 71.1 Å². The predicted molar refractivity (Wildman–Crippen MR) is 125 cm³/mol. The number of carbonyl (C=O) groups is 2. The van der Waals surface area contributed by atoms with E-state index in [1.54, 1.807) is 4.90 Å². The van der Waals surface area contributed by atoms with Gasteiger partial charge in [-0.1, -0.05) is 18.2 Å². The molecule has 0 saturated carbocycles. The maximum atomic E-state index is 12.6. The zero-order chi connectivity index (χ0) is 22.9. The number of benzene rings is 2. The number of piperazine rings is 1. The van der Waals surface area contributed by atoms with Crippen LogP contribution < -0.4 is 19.7 Å². The van der Waals surface area contributed by atoms with E-state index in [1.807, 2.05) is 38.1 Å². The quantitative estimate of drug-likeness (QED) is 0.641. The standard InChI is InChI=1S/C25H33N3O4/c1-4-31-22-10-9-20(18-23(22)32-5-2)11-12-26-24(29)25(30)28-15-13-27(14-16-28)21-8-6-7-19(3)17-21/h6-10,17-18H,4-5,11-16H2,1-3H3,(H,26,29). The Bertz CT molecular complexity index is 923. The minimum absolute atomic E-state index is 0.382. The van der Waals surface area contributed by atoms with Crippen molar-refractivity contribution in [2.45, 2.75) is 27.2 Å². The smallest absolute Gasteiger partial charge is 0.312 e. The first-order valence-corrected chi connectivity index (χ1v) is 11.3. The van der Waals surface area contributed by atoms with Crippen LogP contribution in [0.3, 0.4) is 0 Å². The summed E-state index contributed by atoms with van der Waals surface area (Å²) in [6.45, 7) is 9.93. The summed E-state index contributed by atoms with van der Waals surface area (Å²) >= 11 is 0. The Morgan fingerprint density at radius 1 is 0.938 bits per heavy atom. The number of nitrogens with one attached hydrogen (secondary N) is 1. The first-order chi connectivity index (χ1) is 15.5. The monoisotopic (exact) mass is 439 g/mol. The molecule has 3 rings (SSSR count). The van der Waals surface area contributed by atoms with Gasteiger partial charge < -0.3 is 24.6 Å². The molecule has 1 N–H and O–H groups in total. The third-order valence-corrected chi connectivity index (χ3v) is 5.43. The van der Waals surface area contributed by atoms with Gasteiger partial charge in [-0.05, 0) is 62.6 Å². The SMILES string of the molecule is CCOc1ccc(CCNC(=O)C(=O)N2CCN(c3cccc(C)c3)CC2)cc1OCC. The molecule has 0 unspecified atom stereocenters. The van der Waals surface area contributed by atoms with E-state index < -0.39 is 11.8 Å². The Morgan fingerprint density at radius 2 is 1.66 bits per heavy atom. The minimum atomic E-state index is -0.551. The Morgan fingerprint density at radius 3 is 2.34 bits per heavy atom. The number of carbonyl (C=O) groups excluding carboxylic acids is 2. The van der Waals surface area contributed by atoms with E-state index in [2.05, 4.69) is 35.3 Å². The molecule has 0 spiro atoms. The number of aryl methyl sites for hydroxylation is 1. The van der Waals surface area contributed by atoms with Gasteiger partial charge in [0.25, 0.3) is 0 Å². The van der Waals surface area contributed by atoms with Gasteiger partial charge in [-0.15, -0.1) is 0 Å². The molecular weight excluding hydrogens is 406 g/mol. The van der Waals surface area contributed by atoms with Crippen LogP contribution in [0.1, 0.15) is 25.0 Å². The molecule has 2 aromatic rings. The fourth-order valence-corrected chi connectivity index (χ4v) is 3.78. The summed E-state index contributed by atoms with van der Waals surface area (Å²) in [5.41, 5.74) is 3.38. The molecular formula is C25H33N3O4. The molecule has 1 heterocycles. The van der Waals surface area contributed by atoms with Gasteiger partial charge in [0.15, 0.2) is 11.5 Å². The van der Waals surface area contributed by atoms with Crippen molar-refractivity contribution in [1.29, 1.82) is 0 Å². The highest BCUT2D eigenvalue weighted by Gasteiger charge is 2.26. The Hall–Kier alpha value is -3.22. The van der Waals surface area contributed by atoms with Crippen LogP contribution in [0, 0.1) is 6.92 Å². The molecule has 1 aliphatic rings. The highest BCUT2D eigenvalue weighted by atomic mass is 16.5. The van der Waals surface area contributed by atoms with Crippen molar-refractivity contribution in [3.63, 3.8) is 0 Å². The average molecular weight is 440 g/mol. The number of anilines is 1. The van der Waals surface area contributed by atoms with Crippen LogP contribution >= 0.6 is 0 Å². The van der Waals surface area contributed by atoms with Gasteiger partial charge in [0.05, 0.1) is 13.2 Å². The third kappa shape index (κ3) is 6.15. The van der Waals surface area contributed by atoms with E-state index in [0.717, 1.165) is 24.3 Å². The highest BCUT2D eigenvalue weighted by Crippen LogP contribution is 2.28. The normalized spacial score (nSPS) is 13.6. The molecule has 2 amide bonds. The van der Waals surface area contributed by atoms with E-state index in [9.17, 15) is 9.59 Å². The van der Waals surface area contributed by atoms with Gasteiger partial charge in [-0.2, -0.15) is 0 Å². The summed E-state index contributed by atoms with van der Waals surface area (Å²) in [5, 5.41) is 2.75. The lowest BCUT2D eigenvalue weighted by Gasteiger charge is -2.35. The Kier molecular flexibility index (Phi) is 8.36. The second-order valence-electron chi connectivity index (χ2n) is 7.77. The number of amides is 2. The van der Waals surface area contributed by atoms with Gasteiger partial charge >= 0.3 is 11.8 Å². The first kappa shape index (κ1) is 23.4. The largest absolute Gasteiger partial charge is 0.490 e. The molecule has 32 heavy (non-hydrogen) atoms. The van der Waals surface area contributed by atoms with Gasteiger partial charge in [0.2, 0.25) is 0 Å². The summed E-state index contributed by atoms with van der Waals surface area (Å²) in [5.74, 6) is 0.392. The summed E-state index contributed by atoms with van der Waals surface area (Å²) in [6.07, 6.45) is 0.604. The highest BCUT2D eigenvalue weighted by molar-refractivity contribution is 6.35. The number of nitrogens with zero attached hydrogens (tertiary/aromatic N) is 2. The van der Waals surface area contributed by atoms with Crippen molar-refractivity contribution in [2.75, 3.05) is 50.8 Å². The van der Waals surface area contributed by atoms with Gasteiger partial charge in [-0.3, -0.25) is 9.59 Å².